The first kappa shape index (κ1) is 19.3. The smallest absolute Gasteiger partial charge is 0.340 e. The van der Waals surface area contributed by atoms with Crippen LogP contribution in [0.2, 0.25) is 10.0 Å². The number of carbonyl (C=O) groups excluding carboxylic acids is 2. The zero-order chi connectivity index (χ0) is 18.7. The van der Waals surface area contributed by atoms with Crippen LogP contribution in [-0.2, 0) is 16.1 Å². The monoisotopic (exact) mass is 383 g/mol. The van der Waals surface area contributed by atoms with Crippen molar-refractivity contribution in [2.75, 3.05) is 11.9 Å². The lowest BCUT2D eigenvalue weighted by atomic mass is 10.2. The van der Waals surface area contributed by atoms with E-state index in [0.717, 1.165) is 17.9 Å². The summed E-state index contributed by atoms with van der Waals surface area (Å²) < 4.78 is 7.09. The van der Waals surface area contributed by atoms with Crippen LogP contribution in [0.3, 0.4) is 0 Å². The number of anilines is 1. The van der Waals surface area contributed by atoms with Crippen LogP contribution in [0, 0.1) is 20.8 Å². The van der Waals surface area contributed by atoms with Crippen LogP contribution in [0.25, 0.3) is 0 Å². The highest BCUT2D eigenvalue weighted by Gasteiger charge is 2.18. The van der Waals surface area contributed by atoms with E-state index in [4.69, 9.17) is 27.9 Å². The number of carbonyl (C=O) groups is 2. The molecule has 0 aromatic carbocycles. The lowest BCUT2D eigenvalue weighted by Gasteiger charge is -2.09. The third-order valence-electron chi connectivity index (χ3n) is 3.81. The number of esters is 1. The summed E-state index contributed by atoms with van der Waals surface area (Å²) in [4.78, 5) is 28.3. The van der Waals surface area contributed by atoms with Gasteiger partial charge in [0.05, 0.1) is 21.3 Å². The Balaban J connectivity index is 2.01. The van der Waals surface area contributed by atoms with E-state index in [1.807, 2.05) is 25.3 Å². The molecule has 0 aliphatic rings. The third kappa shape index (κ3) is 4.32. The first-order chi connectivity index (χ1) is 11.7. The highest BCUT2D eigenvalue weighted by molar-refractivity contribution is 6.36. The number of rotatable bonds is 5. The van der Waals surface area contributed by atoms with Gasteiger partial charge in [-0.1, -0.05) is 23.2 Å². The average Bonchev–Trinajstić information content (AvgIpc) is 2.84. The van der Waals surface area contributed by atoms with Crippen LogP contribution in [0.15, 0.2) is 12.1 Å². The molecule has 0 saturated heterocycles. The normalized spacial score (nSPS) is 10.6. The fourth-order valence-electron chi connectivity index (χ4n) is 2.52. The number of amides is 1. The predicted octanol–water partition coefficient (Wildman–Crippen LogP) is 3.93. The van der Waals surface area contributed by atoms with E-state index in [-0.39, 0.29) is 10.8 Å². The minimum Gasteiger partial charge on any atom is -0.452 e. The summed E-state index contributed by atoms with van der Waals surface area (Å²) >= 11 is 11.9. The molecule has 1 amide bonds. The second-order valence-electron chi connectivity index (χ2n) is 5.54. The lowest BCUT2D eigenvalue weighted by Crippen LogP contribution is -2.22. The molecule has 0 bridgehead atoms. The number of halogens is 2. The molecule has 0 saturated carbocycles. The zero-order valence-electron chi connectivity index (χ0n) is 14.4. The van der Waals surface area contributed by atoms with Gasteiger partial charge >= 0.3 is 5.97 Å². The molecule has 0 unspecified atom stereocenters. The van der Waals surface area contributed by atoms with Crippen LogP contribution in [0.1, 0.15) is 34.4 Å². The molecule has 2 aromatic rings. The highest BCUT2D eigenvalue weighted by Crippen LogP contribution is 2.25. The molecule has 25 heavy (non-hydrogen) atoms. The lowest BCUT2D eigenvalue weighted by molar-refractivity contribution is -0.119. The van der Waals surface area contributed by atoms with Crippen molar-refractivity contribution < 1.29 is 14.3 Å². The minimum absolute atomic E-state index is 0.175. The number of aryl methyl sites for hydroxylation is 2. The van der Waals surface area contributed by atoms with Crippen LogP contribution < -0.4 is 5.32 Å². The van der Waals surface area contributed by atoms with Crippen LogP contribution >= 0.6 is 23.2 Å². The Morgan fingerprint density at radius 1 is 1.20 bits per heavy atom. The summed E-state index contributed by atoms with van der Waals surface area (Å²) in [6.07, 6.45) is 0. The van der Waals surface area contributed by atoms with Gasteiger partial charge in [0.25, 0.3) is 5.91 Å². The standard InChI is InChI=1S/C17H19Cl2N3O3/c1-5-22-9(2)6-12(11(22)4)17(24)25-8-15(23)21-16-14(19)7-13(18)10(3)20-16/h6-7H,5,8H2,1-4H3,(H,20,21,23). The van der Waals surface area contributed by atoms with Crippen molar-refractivity contribution >= 4 is 40.9 Å². The number of hydrogen-bond acceptors (Lipinski definition) is 4. The molecule has 134 valence electrons. The number of aromatic nitrogens is 2. The van der Waals surface area contributed by atoms with Crippen LogP contribution in [0.4, 0.5) is 5.82 Å². The predicted molar refractivity (Wildman–Crippen MR) is 97.5 cm³/mol. The molecule has 0 fully saturated rings. The second-order valence-corrected chi connectivity index (χ2v) is 6.35. The van der Waals surface area contributed by atoms with E-state index >= 15 is 0 Å². The van der Waals surface area contributed by atoms with Gasteiger partial charge < -0.3 is 14.6 Å². The number of hydrogen-bond donors (Lipinski definition) is 1. The van der Waals surface area contributed by atoms with E-state index in [2.05, 4.69) is 10.3 Å². The SMILES string of the molecule is CCn1c(C)cc(C(=O)OCC(=O)Nc2nc(C)c(Cl)cc2Cl)c1C. The Kier molecular flexibility index (Phi) is 6.08. The van der Waals surface area contributed by atoms with Crippen molar-refractivity contribution in [3.63, 3.8) is 0 Å². The molecule has 1 N–H and O–H groups in total. The third-order valence-corrected chi connectivity index (χ3v) is 4.48. The molecular formula is C17H19Cl2N3O3. The molecular weight excluding hydrogens is 365 g/mol. The summed E-state index contributed by atoms with van der Waals surface area (Å²) in [6, 6.07) is 3.24. The first-order valence-corrected chi connectivity index (χ1v) is 8.46. The molecule has 0 atom stereocenters. The average molecular weight is 384 g/mol. The summed E-state index contributed by atoms with van der Waals surface area (Å²) in [5.74, 6) is -0.906. The summed E-state index contributed by atoms with van der Waals surface area (Å²) in [5, 5.41) is 3.12. The largest absolute Gasteiger partial charge is 0.452 e. The second kappa shape index (κ2) is 7.89. The molecule has 2 aromatic heterocycles. The van der Waals surface area contributed by atoms with Crippen molar-refractivity contribution in [3.05, 3.63) is 44.8 Å². The van der Waals surface area contributed by atoms with Crippen molar-refractivity contribution in [2.45, 2.75) is 34.2 Å². The van der Waals surface area contributed by atoms with Gasteiger partial charge in [-0.15, -0.1) is 0 Å². The number of nitrogens with zero attached hydrogens (tertiary/aromatic N) is 2. The molecule has 6 nitrogen and oxygen atoms in total. The van der Waals surface area contributed by atoms with E-state index in [9.17, 15) is 9.59 Å². The fourth-order valence-corrected chi connectivity index (χ4v) is 2.92. The van der Waals surface area contributed by atoms with Crippen molar-refractivity contribution in [3.8, 4) is 0 Å². The topological polar surface area (TPSA) is 73.2 Å². The molecule has 0 aliphatic carbocycles. The van der Waals surface area contributed by atoms with Crippen LogP contribution in [-0.4, -0.2) is 28.0 Å². The molecule has 0 spiro atoms. The van der Waals surface area contributed by atoms with Gasteiger partial charge in [0.1, 0.15) is 0 Å². The van der Waals surface area contributed by atoms with Gasteiger partial charge in [0, 0.05) is 17.9 Å². The number of pyridine rings is 1. The summed E-state index contributed by atoms with van der Waals surface area (Å²) in [6.45, 7) is 7.76. The maximum atomic E-state index is 12.2. The van der Waals surface area contributed by atoms with Crippen molar-refractivity contribution in [1.29, 1.82) is 0 Å². The molecule has 2 heterocycles. The Labute approximate surface area is 156 Å². The fraction of sp³-hybridized carbons (Fsp3) is 0.353. The van der Waals surface area contributed by atoms with Crippen LogP contribution in [0.5, 0.6) is 0 Å². The van der Waals surface area contributed by atoms with E-state index in [0.29, 0.717) is 16.3 Å². The highest BCUT2D eigenvalue weighted by atomic mass is 35.5. The number of nitrogens with one attached hydrogen (secondary N) is 1. The van der Waals surface area contributed by atoms with Gasteiger partial charge in [0.2, 0.25) is 0 Å². The van der Waals surface area contributed by atoms with Gasteiger partial charge in [-0.2, -0.15) is 0 Å². The molecule has 8 heteroatoms. The Morgan fingerprint density at radius 3 is 2.48 bits per heavy atom. The maximum Gasteiger partial charge on any atom is 0.340 e. The Hall–Kier alpha value is -2.05. The summed E-state index contributed by atoms with van der Waals surface area (Å²) in [7, 11) is 0. The quantitative estimate of drug-likeness (QED) is 0.793. The Bertz CT molecular complexity index is 831. The first-order valence-electron chi connectivity index (χ1n) is 7.71. The van der Waals surface area contributed by atoms with Gasteiger partial charge in [-0.05, 0) is 39.8 Å². The maximum absolute atomic E-state index is 12.2. The van der Waals surface area contributed by atoms with Gasteiger partial charge in [-0.25, -0.2) is 9.78 Å². The van der Waals surface area contributed by atoms with Crippen molar-refractivity contribution in [2.24, 2.45) is 0 Å². The molecule has 0 radical (unpaired) electrons. The zero-order valence-corrected chi connectivity index (χ0v) is 16.0. The van der Waals surface area contributed by atoms with Gasteiger partial charge in [-0.3, -0.25) is 4.79 Å². The van der Waals surface area contributed by atoms with E-state index < -0.39 is 18.5 Å². The van der Waals surface area contributed by atoms with Gasteiger partial charge in [0.15, 0.2) is 12.4 Å². The molecule has 0 aliphatic heterocycles. The summed E-state index contributed by atoms with van der Waals surface area (Å²) in [5.41, 5.74) is 2.75. The van der Waals surface area contributed by atoms with Crippen molar-refractivity contribution in [1.82, 2.24) is 9.55 Å². The van der Waals surface area contributed by atoms with E-state index in [1.54, 1.807) is 13.0 Å². The number of ether oxygens (including phenoxy) is 1. The Morgan fingerprint density at radius 2 is 1.88 bits per heavy atom. The minimum atomic E-state index is -0.547. The van der Waals surface area contributed by atoms with E-state index in [1.165, 1.54) is 6.07 Å². The molecule has 2 rings (SSSR count).